The van der Waals surface area contributed by atoms with Gasteiger partial charge in [-0.05, 0) is 74.5 Å². The largest absolute Gasteiger partial charge is 0.316 e. The van der Waals surface area contributed by atoms with Gasteiger partial charge in [-0.15, -0.1) is 0 Å². The van der Waals surface area contributed by atoms with E-state index in [1.54, 1.807) is 6.07 Å². The van der Waals surface area contributed by atoms with Gasteiger partial charge in [0.25, 0.3) is 0 Å². The zero-order chi connectivity index (χ0) is 20.0. The molecule has 29 heavy (non-hydrogen) atoms. The molecule has 1 fully saturated rings. The highest BCUT2D eigenvalue weighted by Gasteiger charge is 2.25. The lowest BCUT2D eigenvalue weighted by Gasteiger charge is -2.14. The van der Waals surface area contributed by atoms with Gasteiger partial charge in [-0.25, -0.2) is 13.0 Å². The summed E-state index contributed by atoms with van der Waals surface area (Å²) >= 11 is 0. The summed E-state index contributed by atoms with van der Waals surface area (Å²) in [7, 11) is -2.59. The van der Waals surface area contributed by atoms with E-state index in [0.717, 1.165) is 42.7 Å². The number of halogens is 1. The van der Waals surface area contributed by atoms with Crippen molar-refractivity contribution in [2.75, 3.05) is 25.4 Å². The van der Waals surface area contributed by atoms with Gasteiger partial charge in [0.2, 0.25) is 0 Å². The van der Waals surface area contributed by atoms with Gasteiger partial charge in [-0.1, -0.05) is 0 Å². The van der Waals surface area contributed by atoms with Gasteiger partial charge < -0.3 is 9.88 Å². The number of aryl methyl sites for hydroxylation is 1. The van der Waals surface area contributed by atoms with Crippen molar-refractivity contribution in [3.63, 3.8) is 0 Å². The minimum atomic E-state index is -2.59. The van der Waals surface area contributed by atoms with E-state index >= 15 is 0 Å². The molecule has 2 aliphatic heterocycles. The summed E-state index contributed by atoms with van der Waals surface area (Å²) in [5, 5.41) is 4.63. The fourth-order valence-corrected chi connectivity index (χ4v) is 6.88. The maximum atomic E-state index is 14.1. The Morgan fingerprint density at radius 3 is 3.00 bits per heavy atom. The first-order valence-corrected chi connectivity index (χ1v) is 11.9. The predicted octanol–water partition coefficient (Wildman–Crippen LogP) is 3.86. The van der Waals surface area contributed by atoms with Gasteiger partial charge in [-0.3, -0.25) is 4.98 Å². The van der Waals surface area contributed by atoms with Gasteiger partial charge in [0.1, 0.15) is 5.82 Å². The lowest BCUT2D eigenvalue weighted by Crippen LogP contribution is -2.10. The fraction of sp³-hybridized carbons (Fsp3) is 0.409. The summed E-state index contributed by atoms with van der Waals surface area (Å²) < 4.78 is 34.0. The van der Waals surface area contributed by atoms with Gasteiger partial charge in [-0.2, -0.15) is 0 Å². The molecule has 7 heteroatoms. The molecule has 2 atom stereocenters. The van der Waals surface area contributed by atoms with E-state index in [1.165, 1.54) is 29.5 Å². The highest BCUT2D eigenvalue weighted by atomic mass is 32.2. The van der Waals surface area contributed by atoms with Crippen LogP contribution in [0.2, 0.25) is 0 Å². The molecule has 0 amide bonds. The second-order valence-corrected chi connectivity index (χ2v) is 10.5. The van der Waals surface area contributed by atoms with Crippen LogP contribution in [0, 0.1) is 18.7 Å². The monoisotopic (exact) mass is 412 g/mol. The van der Waals surface area contributed by atoms with Crippen LogP contribution in [-0.2, 0) is 16.1 Å². The molecule has 1 saturated heterocycles. The van der Waals surface area contributed by atoms with Crippen LogP contribution >= 0.6 is 0 Å². The van der Waals surface area contributed by atoms with Crippen LogP contribution in [0.4, 0.5) is 4.39 Å². The summed E-state index contributed by atoms with van der Waals surface area (Å²) in [5.74, 6) is 0.716. The van der Waals surface area contributed by atoms with Crippen LogP contribution in [-0.4, -0.2) is 39.1 Å². The van der Waals surface area contributed by atoms with Crippen molar-refractivity contribution >= 4 is 20.6 Å². The molecule has 0 saturated carbocycles. The first kappa shape index (κ1) is 18.8. The maximum Gasteiger partial charge on any atom is 0.124 e. The smallest absolute Gasteiger partial charge is 0.124 e. The Bertz CT molecular complexity index is 1200. The third-order valence-corrected chi connectivity index (χ3v) is 8.51. The quantitative estimate of drug-likeness (QED) is 0.708. The minimum absolute atomic E-state index is 0.378. The summed E-state index contributed by atoms with van der Waals surface area (Å²) in [6.45, 7) is 4.75. The highest BCUT2D eigenvalue weighted by molar-refractivity contribution is 7.94. The van der Waals surface area contributed by atoms with Crippen molar-refractivity contribution in [3.05, 3.63) is 53.7 Å². The Morgan fingerprint density at radius 2 is 2.24 bits per heavy atom. The first-order chi connectivity index (χ1) is 14.0. The Labute approximate surface area is 170 Å². The molecule has 1 unspecified atom stereocenters. The maximum absolute atomic E-state index is 14.1. The van der Waals surface area contributed by atoms with Gasteiger partial charge in [0.05, 0.1) is 32.0 Å². The van der Waals surface area contributed by atoms with Crippen molar-refractivity contribution in [2.45, 2.75) is 31.1 Å². The average molecular weight is 413 g/mol. The standard InChI is InChI=1S/C22H25FN4OS/c1-15-11-25-13-20-22(15)17(9-16-5-7-24-12-16)14-27(20)19-4-3-18(23)10-21(19)29(28)8-2-6-26-29/h3-4,10-11,13-14,16,24H,2,5-9,12H2,1H3/t16-,29?/m0/s1. The van der Waals surface area contributed by atoms with Crippen LogP contribution in [0.25, 0.3) is 16.6 Å². The van der Waals surface area contributed by atoms with E-state index in [0.29, 0.717) is 23.1 Å². The SMILES string of the molecule is Cc1cncc2c1c(C[C@@H]1CCNC1)cn2-c1ccc(F)cc1S1(=O)=NCCC1. The first-order valence-electron chi connectivity index (χ1n) is 10.2. The summed E-state index contributed by atoms with van der Waals surface area (Å²) in [6.07, 6.45) is 8.81. The number of nitrogens with one attached hydrogen (secondary N) is 1. The lowest BCUT2D eigenvalue weighted by molar-refractivity contribution is 0.582. The molecule has 0 radical (unpaired) electrons. The zero-order valence-corrected chi connectivity index (χ0v) is 17.3. The topological polar surface area (TPSA) is 59.3 Å². The zero-order valence-electron chi connectivity index (χ0n) is 16.5. The number of hydrogen-bond acceptors (Lipinski definition) is 4. The normalized spacial score (nSPS) is 24.3. The van der Waals surface area contributed by atoms with E-state index in [2.05, 4.69) is 27.8 Å². The molecule has 0 aliphatic carbocycles. The summed E-state index contributed by atoms with van der Waals surface area (Å²) in [5.41, 5.74) is 4.11. The van der Waals surface area contributed by atoms with Crippen molar-refractivity contribution < 1.29 is 8.60 Å². The van der Waals surface area contributed by atoms with Gasteiger partial charge in [0, 0.05) is 30.1 Å². The molecule has 1 N–H and O–H groups in total. The molecule has 4 heterocycles. The van der Waals surface area contributed by atoms with Crippen LogP contribution in [0.3, 0.4) is 0 Å². The van der Waals surface area contributed by atoms with Crippen molar-refractivity contribution in [2.24, 2.45) is 10.3 Å². The van der Waals surface area contributed by atoms with Crippen LogP contribution in [0.1, 0.15) is 24.0 Å². The van der Waals surface area contributed by atoms with Crippen molar-refractivity contribution in [3.8, 4) is 5.69 Å². The minimum Gasteiger partial charge on any atom is -0.316 e. The number of aromatic nitrogens is 2. The molecule has 3 aromatic rings. The number of rotatable bonds is 4. The third-order valence-electron chi connectivity index (χ3n) is 6.06. The Morgan fingerprint density at radius 1 is 1.34 bits per heavy atom. The Kier molecular flexibility index (Phi) is 4.67. The number of nitrogens with zero attached hydrogens (tertiary/aromatic N) is 3. The van der Waals surface area contributed by atoms with E-state index < -0.39 is 9.73 Å². The fourth-order valence-electron chi connectivity index (χ4n) is 4.65. The molecule has 5 rings (SSSR count). The van der Waals surface area contributed by atoms with Crippen LogP contribution in [0.15, 0.2) is 46.0 Å². The van der Waals surface area contributed by atoms with Crippen molar-refractivity contribution in [1.82, 2.24) is 14.9 Å². The number of fused-ring (bicyclic) bond motifs is 1. The van der Waals surface area contributed by atoms with Gasteiger partial charge in [0.15, 0.2) is 0 Å². The van der Waals surface area contributed by atoms with Gasteiger partial charge >= 0.3 is 0 Å². The lowest BCUT2D eigenvalue weighted by atomic mass is 9.97. The Hall–Kier alpha value is -2.25. The third kappa shape index (κ3) is 3.26. The van der Waals surface area contributed by atoms with Crippen LogP contribution in [0.5, 0.6) is 0 Å². The number of benzene rings is 1. The van der Waals surface area contributed by atoms with E-state index in [4.69, 9.17) is 0 Å². The molecule has 0 spiro atoms. The molecule has 1 aromatic carbocycles. The number of hydrogen-bond donors (Lipinski definition) is 1. The average Bonchev–Trinajstić information content (AvgIpc) is 3.44. The second kappa shape index (κ2) is 7.22. The van der Waals surface area contributed by atoms with Crippen molar-refractivity contribution in [1.29, 1.82) is 0 Å². The molecule has 2 aromatic heterocycles. The second-order valence-electron chi connectivity index (χ2n) is 8.10. The van der Waals surface area contributed by atoms with E-state index in [1.807, 2.05) is 17.0 Å². The van der Waals surface area contributed by atoms with E-state index in [-0.39, 0.29) is 5.82 Å². The molecular formula is C22H25FN4OS. The molecule has 152 valence electrons. The molecule has 0 bridgehead atoms. The predicted molar refractivity (Wildman–Crippen MR) is 114 cm³/mol. The summed E-state index contributed by atoms with van der Waals surface area (Å²) in [4.78, 5) is 4.91. The summed E-state index contributed by atoms with van der Waals surface area (Å²) in [6, 6.07) is 4.57. The molecular weight excluding hydrogens is 387 g/mol. The number of pyridine rings is 1. The molecule has 2 aliphatic rings. The van der Waals surface area contributed by atoms with Crippen LogP contribution < -0.4 is 5.32 Å². The Balaban J connectivity index is 1.72. The molecule has 5 nitrogen and oxygen atoms in total. The van der Waals surface area contributed by atoms with E-state index in [9.17, 15) is 8.60 Å². The highest BCUT2D eigenvalue weighted by Crippen LogP contribution is 2.34.